The molecular formula is C12H10ClFN4O2. The average Bonchev–Trinajstić information content (AvgIpc) is 2.43. The zero-order valence-electron chi connectivity index (χ0n) is 10.1. The third kappa shape index (κ3) is 2.95. The molecule has 0 spiro atoms. The van der Waals surface area contributed by atoms with Gasteiger partial charge in [0.2, 0.25) is 0 Å². The van der Waals surface area contributed by atoms with E-state index >= 15 is 0 Å². The lowest BCUT2D eigenvalue weighted by molar-refractivity contribution is -0.384. The van der Waals surface area contributed by atoms with Crippen molar-refractivity contribution < 1.29 is 9.31 Å². The van der Waals surface area contributed by atoms with Gasteiger partial charge in [-0.3, -0.25) is 16.0 Å². The van der Waals surface area contributed by atoms with Crippen LogP contribution in [0, 0.1) is 15.9 Å². The van der Waals surface area contributed by atoms with E-state index in [2.05, 4.69) is 10.7 Å². The molecule has 2 rings (SSSR count). The Labute approximate surface area is 118 Å². The Morgan fingerprint density at radius 1 is 1.25 bits per heavy atom. The summed E-state index contributed by atoms with van der Waals surface area (Å²) in [6.07, 6.45) is 0. The van der Waals surface area contributed by atoms with Gasteiger partial charge in [-0.05, 0) is 18.2 Å². The van der Waals surface area contributed by atoms with Crippen LogP contribution >= 0.6 is 11.6 Å². The molecule has 0 heterocycles. The van der Waals surface area contributed by atoms with Crippen LogP contribution in [0.2, 0.25) is 5.02 Å². The molecule has 20 heavy (non-hydrogen) atoms. The number of nitrogens with two attached hydrogens (primary N) is 1. The number of nitrogens with one attached hydrogen (secondary N) is 2. The van der Waals surface area contributed by atoms with E-state index < -0.39 is 10.7 Å². The van der Waals surface area contributed by atoms with E-state index in [9.17, 15) is 14.5 Å². The van der Waals surface area contributed by atoms with Gasteiger partial charge in [-0.25, -0.2) is 4.39 Å². The zero-order chi connectivity index (χ0) is 14.7. The van der Waals surface area contributed by atoms with Crippen molar-refractivity contribution in [1.29, 1.82) is 0 Å². The second kappa shape index (κ2) is 5.72. The van der Waals surface area contributed by atoms with Gasteiger partial charge in [0, 0.05) is 17.8 Å². The summed E-state index contributed by atoms with van der Waals surface area (Å²) < 4.78 is 13.8. The van der Waals surface area contributed by atoms with Crippen LogP contribution < -0.4 is 16.6 Å². The fourth-order valence-corrected chi connectivity index (χ4v) is 1.80. The van der Waals surface area contributed by atoms with Crippen LogP contribution in [0.15, 0.2) is 36.4 Å². The molecule has 0 fully saturated rings. The first-order chi connectivity index (χ1) is 9.51. The van der Waals surface area contributed by atoms with Crippen LogP contribution in [0.1, 0.15) is 0 Å². The molecule has 0 unspecified atom stereocenters. The van der Waals surface area contributed by atoms with Crippen molar-refractivity contribution in [2.45, 2.75) is 0 Å². The number of hydrazine groups is 1. The van der Waals surface area contributed by atoms with E-state index in [1.54, 1.807) is 6.07 Å². The van der Waals surface area contributed by atoms with Crippen LogP contribution in [-0.4, -0.2) is 4.92 Å². The minimum atomic E-state index is -0.636. The second-order valence-electron chi connectivity index (χ2n) is 3.90. The number of nitrogens with zero attached hydrogens (tertiary/aromatic N) is 1. The third-order valence-electron chi connectivity index (χ3n) is 2.53. The summed E-state index contributed by atoms with van der Waals surface area (Å²) in [7, 11) is 0. The van der Waals surface area contributed by atoms with Crippen molar-refractivity contribution in [1.82, 2.24) is 0 Å². The predicted molar refractivity (Wildman–Crippen MR) is 75.6 cm³/mol. The highest BCUT2D eigenvalue weighted by Crippen LogP contribution is 2.29. The molecule has 0 aliphatic heterocycles. The fraction of sp³-hybridized carbons (Fsp3) is 0. The van der Waals surface area contributed by atoms with Crippen LogP contribution in [0.4, 0.5) is 27.1 Å². The van der Waals surface area contributed by atoms with Gasteiger partial charge in [-0.2, -0.15) is 0 Å². The maximum atomic E-state index is 13.8. The number of hydrogen-bond acceptors (Lipinski definition) is 5. The molecule has 0 bridgehead atoms. The lowest BCUT2D eigenvalue weighted by atomic mass is 10.2. The summed E-state index contributed by atoms with van der Waals surface area (Å²) in [5, 5.41) is 13.5. The molecule has 0 radical (unpaired) electrons. The molecule has 0 atom stereocenters. The quantitative estimate of drug-likeness (QED) is 0.456. The number of benzene rings is 2. The number of rotatable bonds is 4. The summed E-state index contributed by atoms with van der Waals surface area (Å²) in [4.78, 5) is 10.2. The highest BCUT2D eigenvalue weighted by atomic mass is 35.5. The number of halogens is 2. The molecule has 0 saturated heterocycles. The standard InChI is InChI=1S/C12H10ClFN4O2/c13-10-2-1-3-11(12(10)14)16-7-4-8(17-15)6-9(5-7)18(19)20/h1-6,16-17H,15H2. The highest BCUT2D eigenvalue weighted by molar-refractivity contribution is 6.31. The van der Waals surface area contributed by atoms with Crippen LogP contribution in [0.25, 0.3) is 0 Å². The fourth-order valence-electron chi connectivity index (χ4n) is 1.63. The molecule has 2 aromatic carbocycles. The lowest BCUT2D eigenvalue weighted by Crippen LogP contribution is -2.07. The Morgan fingerprint density at radius 3 is 2.60 bits per heavy atom. The smallest absolute Gasteiger partial charge is 0.273 e. The largest absolute Gasteiger partial charge is 0.353 e. The lowest BCUT2D eigenvalue weighted by Gasteiger charge is -2.10. The first-order valence-corrected chi connectivity index (χ1v) is 5.86. The number of nitro benzene ring substituents is 1. The van der Waals surface area contributed by atoms with Crippen LogP contribution in [0.5, 0.6) is 0 Å². The number of hydrogen-bond donors (Lipinski definition) is 3. The summed E-state index contributed by atoms with van der Waals surface area (Å²) in [6, 6.07) is 8.47. The molecule has 0 aliphatic carbocycles. The SMILES string of the molecule is NNc1cc(Nc2cccc(Cl)c2F)cc([N+](=O)[O-])c1. The van der Waals surface area contributed by atoms with Crippen molar-refractivity contribution in [2.24, 2.45) is 5.84 Å². The van der Waals surface area contributed by atoms with Gasteiger partial charge < -0.3 is 10.7 Å². The van der Waals surface area contributed by atoms with Gasteiger partial charge in [0.05, 0.1) is 21.3 Å². The molecule has 0 amide bonds. The van der Waals surface area contributed by atoms with Crippen LogP contribution in [-0.2, 0) is 0 Å². The van der Waals surface area contributed by atoms with E-state index in [4.69, 9.17) is 17.4 Å². The number of nitrogen functional groups attached to an aromatic ring is 1. The minimum Gasteiger partial charge on any atom is -0.353 e. The summed E-state index contributed by atoms with van der Waals surface area (Å²) in [6.45, 7) is 0. The van der Waals surface area contributed by atoms with E-state index in [-0.39, 0.29) is 16.4 Å². The molecular weight excluding hydrogens is 287 g/mol. The average molecular weight is 297 g/mol. The number of non-ortho nitro benzene ring substituents is 1. The maximum absolute atomic E-state index is 13.8. The van der Waals surface area contributed by atoms with Gasteiger partial charge >= 0.3 is 0 Å². The molecule has 4 N–H and O–H groups in total. The summed E-state index contributed by atoms with van der Waals surface area (Å²) in [5.74, 6) is 4.60. The Hall–Kier alpha value is -2.38. The Morgan fingerprint density at radius 2 is 1.95 bits per heavy atom. The molecule has 6 nitrogen and oxygen atoms in total. The normalized spacial score (nSPS) is 10.2. The van der Waals surface area contributed by atoms with E-state index in [1.165, 1.54) is 30.3 Å². The van der Waals surface area contributed by atoms with Crippen molar-refractivity contribution >= 4 is 34.4 Å². The second-order valence-corrected chi connectivity index (χ2v) is 4.30. The van der Waals surface area contributed by atoms with Crippen molar-refractivity contribution in [3.63, 3.8) is 0 Å². The highest BCUT2D eigenvalue weighted by Gasteiger charge is 2.12. The van der Waals surface area contributed by atoms with Crippen molar-refractivity contribution in [3.05, 3.63) is 57.4 Å². The Bertz CT molecular complexity index is 666. The summed E-state index contributed by atoms with van der Waals surface area (Å²) in [5.41, 5.74) is 2.88. The molecule has 0 saturated carbocycles. The monoisotopic (exact) mass is 296 g/mol. The minimum absolute atomic E-state index is 0.0439. The first-order valence-electron chi connectivity index (χ1n) is 5.48. The molecule has 0 aliphatic rings. The third-order valence-corrected chi connectivity index (χ3v) is 2.82. The molecule has 104 valence electrons. The zero-order valence-corrected chi connectivity index (χ0v) is 10.8. The van der Waals surface area contributed by atoms with E-state index in [1.807, 2.05) is 0 Å². The van der Waals surface area contributed by atoms with Gasteiger partial charge in [0.25, 0.3) is 5.69 Å². The van der Waals surface area contributed by atoms with Crippen LogP contribution in [0.3, 0.4) is 0 Å². The van der Waals surface area contributed by atoms with Crippen molar-refractivity contribution in [3.8, 4) is 0 Å². The molecule has 8 heteroatoms. The Balaban J connectivity index is 2.40. The first kappa shape index (κ1) is 14.0. The number of nitro groups is 1. The topological polar surface area (TPSA) is 93.2 Å². The van der Waals surface area contributed by atoms with Gasteiger partial charge in [-0.1, -0.05) is 17.7 Å². The number of anilines is 3. The Kier molecular flexibility index (Phi) is 4.02. The van der Waals surface area contributed by atoms with Crippen molar-refractivity contribution in [2.75, 3.05) is 10.7 Å². The van der Waals surface area contributed by atoms with Gasteiger partial charge in [0.15, 0.2) is 5.82 Å². The molecule has 2 aromatic rings. The van der Waals surface area contributed by atoms with E-state index in [0.717, 1.165) is 0 Å². The van der Waals surface area contributed by atoms with E-state index in [0.29, 0.717) is 11.4 Å². The maximum Gasteiger partial charge on any atom is 0.273 e. The molecule has 0 aromatic heterocycles. The van der Waals surface area contributed by atoms with Gasteiger partial charge in [-0.15, -0.1) is 0 Å². The summed E-state index contributed by atoms with van der Waals surface area (Å²) >= 11 is 5.66. The predicted octanol–water partition coefficient (Wildman–Crippen LogP) is 3.42. The van der Waals surface area contributed by atoms with Gasteiger partial charge in [0.1, 0.15) is 0 Å².